The topological polar surface area (TPSA) is 81.7 Å². The van der Waals surface area contributed by atoms with E-state index in [-0.39, 0.29) is 27.1 Å². The largest absolute Gasteiger partial charge is 0.465 e. The van der Waals surface area contributed by atoms with Gasteiger partial charge in [-0.1, -0.05) is 15.9 Å². The normalized spacial score (nSPS) is 10.3. The van der Waals surface area contributed by atoms with Crippen molar-refractivity contribution >= 4 is 61.9 Å². The number of thiophene rings is 1. The van der Waals surface area contributed by atoms with Gasteiger partial charge in [0.1, 0.15) is 9.88 Å². The van der Waals surface area contributed by atoms with E-state index in [4.69, 9.17) is 9.47 Å². The summed E-state index contributed by atoms with van der Waals surface area (Å²) in [6.45, 7) is 1.61. The molecule has 0 spiro atoms. The zero-order chi connectivity index (χ0) is 19.3. The molecule has 0 bridgehead atoms. The van der Waals surface area contributed by atoms with E-state index < -0.39 is 11.9 Å². The Balaban J connectivity index is 2.16. The summed E-state index contributed by atoms with van der Waals surface area (Å²) in [4.78, 5) is 37.4. The molecule has 1 N–H and O–H groups in total. The van der Waals surface area contributed by atoms with Crippen LogP contribution >= 0.6 is 39.0 Å². The summed E-state index contributed by atoms with van der Waals surface area (Å²) in [6, 6.07) is 7.57. The summed E-state index contributed by atoms with van der Waals surface area (Å²) in [6.07, 6.45) is 0. The number of carbonyl (C=O) groups excluding carboxylic acids is 3. The first-order valence-electron chi connectivity index (χ1n) is 7.35. The predicted molar refractivity (Wildman–Crippen MR) is 105 cm³/mol. The van der Waals surface area contributed by atoms with Crippen molar-refractivity contribution in [2.75, 3.05) is 25.3 Å². The molecule has 1 aromatic carbocycles. The number of nitrogens with one attached hydrogen (secondary N) is 1. The summed E-state index contributed by atoms with van der Waals surface area (Å²) >= 11 is 5.71. The Kier molecular flexibility index (Phi) is 7.24. The molecule has 0 radical (unpaired) electrons. The number of anilines is 1. The van der Waals surface area contributed by atoms with Gasteiger partial charge in [-0.15, -0.1) is 23.1 Å². The molecule has 0 fully saturated rings. The smallest absolute Gasteiger partial charge is 0.348 e. The highest BCUT2D eigenvalue weighted by Gasteiger charge is 2.26. The van der Waals surface area contributed by atoms with Gasteiger partial charge in [-0.2, -0.15) is 0 Å². The molecule has 2 aromatic rings. The highest BCUT2D eigenvalue weighted by atomic mass is 79.9. The molecule has 1 heterocycles. The minimum Gasteiger partial charge on any atom is -0.465 e. The molecule has 1 amide bonds. The number of benzene rings is 1. The molecule has 0 aliphatic carbocycles. The van der Waals surface area contributed by atoms with Gasteiger partial charge in [0.05, 0.1) is 25.5 Å². The molecule has 9 heteroatoms. The molecule has 2 rings (SSSR count). The van der Waals surface area contributed by atoms with Gasteiger partial charge in [0.25, 0.3) is 0 Å². The Morgan fingerprint density at radius 2 is 1.73 bits per heavy atom. The Bertz CT molecular complexity index is 832. The van der Waals surface area contributed by atoms with Crippen LogP contribution in [-0.4, -0.2) is 37.8 Å². The van der Waals surface area contributed by atoms with Crippen LogP contribution in [0.15, 0.2) is 33.6 Å². The Hall–Kier alpha value is -1.84. The molecule has 0 aliphatic heterocycles. The van der Waals surface area contributed by atoms with Gasteiger partial charge in [0.2, 0.25) is 5.91 Å². The number of methoxy groups -OCH3 is 2. The van der Waals surface area contributed by atoms with Gasteiger partial charge in [0.15, 0.2) is 0 Å². The third-order valence-electron chi connectivity index (χ3n) is 3.34. The second-order valence-corrected chi connectivity index (χ2v) is 8.02. The number of hydrogen-bond acceptors (Lipinski definition) is 7. The van der Waals surface area contributed by atoms with E-state index in [2.05, 4.69) is 21.2 Å². The molecule has 0 aliphatic rings. The lowest BCUT2D eigenvalue weighted by Gasteiger charge is -2.06. The first-order chi connectivity index (χ1) is 12.4. The fraction of sp³-hybridized carbons (Fsp3) is 0.235. The first-order valence-corrected chi connectivity index (χ1v) is 9.95. The van der Waals surface area contributed by atoms with Crippen LogP contribution in [0.1, 0.15) is 25.6 Å². The lowest BCUT2D eigenvalue weighted by atomic mass is 10.1. The Labute approximate surface area is 167 Å². The lowest BCUT2D eigenvalue weighted by Crippen LogP contribution is -2.16. The fourth-order valence-corrected chi connectivity index (χ4v) is 4.17. The third-order valence-corrected chi connectivity index (χ3v) is 6.07. The number of halogens is 1. The molecule has 1 aromatic heterocycles. The number of hydrogen-bond donors (Lipinski definition) is 1. The van der Waals surface area contributed by atoms with Crippen molar-refractivity contribution in [2.24, 2.45) is 0 Å². The summed E-state index contributed by atoms with van der Waals surface area (Å²) in [5.74, 6) is -1.32. The maximum Gasteiger partial charge on any atom is 0.348 e. The zero-order valence-electron chi connectivity index (χ0n) is 14.3. The van der Waals surface area contributed by atoms with Crippen LogP contribution < -0.4 is 5.32 Å². The van der Waals surface area contributed by atoms with Crippen LogP contribution in [0.5, 0.6) is 0 Å². The SMILES string of the molecule is COC(=O)c1sc(NC(=O)CSc2ccc(Br)cc2)c(C(=O)OC)c1C. The van der Waals surface area contributed by atoms with Crippen molar-refractivity contribution in [3.05, 3.63) is 44.7 Å². The van der Waals surface area contributed by atoms with E-state index in [0.29, 0.717) is 5.56 Å². The van der Waals surface area contributed by atoms with E-state index >= 15 is 0 Å². The lowest BCUT2D eigenvalue weighted by molar-refractivity contribution is -0.113. The average molecular weight is 458 g/mol. The summed E-state index contributed by atoms with van der Waals surface area (Å²) in [7, 11) is 2.50. The van der Waals surface area contributed by atoms with Crippen LogP contribution in [-0.2, 0) is 14.3 Å². The molecule has 0 saturated carbocycles. The number of rotatable bonds is 6. The Morgan fingerprint density at radius 1 is 1.12 bits per heavy atom. The maximum absolute atomic E-state index is 12.3. The van der Waals surface area contributed by atoms with Crippen LogP contribution in [0, 0.1) is 6.92 Å². The van der Waals surface area contributed by atoms with E-state index in [1.807, 2.05) is 24.3 Å². The van der Waals surface area contributed by atoms with Crippen molar-refractivity contribution in [3.63, 3.8) is 0 Å². The minimum atomic E-state index is -0.621. The second kappa shape index (κ2) is 9.20. The van der Waals surface area contributed by atoms with E-state index in [9.17, 15) is 14.4 Å². The summed E-state index contributed by atoms with van der Waals surface area (Å²) in [5, 5.41) is 2.96. The number of thioether (sulfide) groups is 1. The average Bonchev–Trinajstić information content (AvgIpc) is 2.96. The van der Waals surface area contributed by atoms with Crippen LogP contribution in [0.25, 0.3) is 0 Å². The van der Waals surface area contributed by atoms with E-state index in [1.165, 1.54) is 26.0 Å². The molecule has 26 heavy (non-hydrogen) atoms. The molecule has 6 nitrogen and oxygen atoms in total. The Morgan fingerprint density at radius 3 is 2.31 bits per heavy atom. The molecule has 0 atom stereocenters. The minimum absolute atomic E-state index is 0.159. The van der Waals surface area contributed by atoms with Gasteiger partial charge in [-0.05, 0) is 36.8 Å². The fourth-order valence-electron chi connectivity index (χ4n) is 2.08. The van der Waals surface area contributed by atoms with Crippen molar-refractivity contribution in [3.8, 4) is 0 Å². The van der Waals surface area contributed by atoms with Gasteiger partial charge in [-0.25, -0.2) is 9.59 Å². The first kappa shape index (κ1) is 20.5. The number of carbonyl (C=O) groups is 3. The standard InChI is InChI=1S/C17H16BrNO5S2/c1-9-13(16(21)23-2)15(26-14(9)17(22)24-3)19-12(20)8-25-11-6-4-10(18)5-7-11/h4-7H,8H2,1-3H3,(H,19,20). The van der Waals surface area contributed by atoms with Gasteiger partial charge in [0, 0.05) is 9.37 Å². The predicted octanol–water partition coefficient (Wildman–Crippen LogP) is 4.12. The van der Waals surface area contributed by atoms with Crippen LogP contribution in [0.4, 0.5) is 5.00 Å². The van der Waals surface area contributed by atoms with Gasteiger partial charge in [-0.3, -0.25) is 4.79 Å². The summed E-state index contributed by atoms with van der Waals surface area (Å²) < 4.78 is 10.4. The van der Waals surface area contributed by atoms with Crippen LogP contribution in [0.2, 0.25) is 0 Å². The van der Waals surface area contributed by atoms with Gasteiger partial charge >= 0.3 is 11.9 Å². The second-order valence-electron chi connectivity index (χ2n) is 5.03. The van der Waals surface area contributed by atoms with Crippen molar-refractivity contribution in [2.45, 2.75) is 11.8 Å². The van der Waals surface area contributed by atoms with Crippen molar-refractivity contribution in [1.29, 1.82) is 0 Å². The zero-order valence-corrected chi connectivity index (χ0v) is 17.5. The molecular weight excluding hydrogens is 442 g/mol. The number of amides is 1. The molecule has 0 saturated heterocycles. The molecule has 138 valence electrons. The van der Waals surface area contributed by atoms with Gasteiger partial charge < -0.3 is 14.8 Å². The van der Waals surface area contributed by atoms with E-state index in [0.717, 1.165) is 20.7 Å². The van der Waals surface area contributed by atoms with E-state index in [1.54, 1.807) is 6.92 Å². The third kappa shape index (κ3) is 4.87. The van der Waals surface area contributed by atoms with Crippen molar-refractivity contribution < 1.29 is 23.9 Å². The van der Waals surface area contributed by atoms with Crippen molar-refractivity contribution in [1.82, 2.24) is 0 Å². The highest BCUT2D eigenvalue weighted by Crippen LogP contribution is 2.34. The number of ether oxygens (including phenoxy) is 2. The molecule has 0 unspecified atom stereocenters. The quantitative estimate of drug-likeness (QED) is 0.518. The van der Waals surface area contributed by atoms with Crippen LogP contribution in [0.3, 0.4) is 0 Å². The molecular formula is C17H16BrNO5S2. The maximum atomic E-state index is 12.3. The summed E-state index contributed by atoms with van der Waals surface area (Å²) in [5.41, 5.74) is 0.587. The monoisotopic (exact) mass is 457 g/mol. The number of esters is 2. The highest BCUT2D eigenvalue weighted by molar-refractivity contribution is 9.10.